The van der Waals surface area contributed by atoms with Gasteiger partial charge in [-0.15, -0.1) is 0 Å². The predicted octanol–water partition coefficient (Wildman–Crippen LogP) is 5.68. The van der Waals surface area contributed by atoms with Crippen molar-refractivity contribution in [3.8, 4) is 0 Å². The second-order valence-corrected chi connectivity index (χ2v) is 9.62. The molecule has 4 rings (SSSR count). The minimum Gasteiger partial charge on any atom is -0.326 e. The van der Waals surface area contributed by atoms with Gasteiger partial charge in [0.05, 0.1) is 0 Å². The number of halogens is 2. The molecular weight excluding hydrogens is 493 g/mol. The van der Waals surface area contributed by atoms with Gasteiger partial charge in [0, 0.05) is 53.5 Å². The van der Waals surface area contributed by atoms with E-state index in [1.807, 2.05) is 12.1 Å². The maximum atomic E-state index is 13.5. The zero-order valence-electron chi connectivity index (χ0n) is 20.6. The van der Waals surface area contributed by atoms with Crippen molar-refractivity contribution in [3.63, 3.8) is 0 Å². The zero-order valence-corrected chi connectivity index (χ0v) is 21.4. The lowest BCUT2D eigenvalue weighted by molar-refractivity contribution is -0.114. The van der Waals surface area contributed by atoms with Crippen LogP contribution >= 0.6 is 11.6 Å². The van der Waals surface area contributed by atoms with Crippen LogP contribution in [0.25, 0.3) is 0 Å². The molecule has 0 radical (unpaired) electrons. The van der Waals surface area contributed by atoms with Gasteiger partial charge in [-0.1, -0.05) is 11.6 Å². The van der Waals surface area contributed by atoms with E-state index >= 15 is 0 Å². The Bertz CT molecular complexity index is 1240. The fourth-order valence-corrected chi connectivity index (χ4v) is 4.66. The Hall–Kier alpha value is -3.55. The normalized spacial score (nSPS) is 14.2. The second-order valence-electron chi connectivity index (χ2n) is 9.18. The summed E-state index contributed by atoms with van der Waals surface area (Å²) in [5, 5.41) is 3.29. The summed E-state index contributed by atoms with van der Waals surface area (Å²) in [5.74, 6) is -0.712. The van der Waals surface area contributed by atoms with E-state index in [0.717, 1.165) is 31.6 Å². The van der Waals surface area contributed by atoms with Crippen LogP contribution in [-0.2, 0) is 4.79 Å². The van der Waals surface area contributed by atoms with E-state index in [2.05, 4.69) is 10.2 Å². The first-order valence-corrected chi connectivity index (χ1v) is 12.6. The zero-order chi connectivity index (χ0) is 26.4. The van der Waals surface area contributed by atoms with Gasteiger partial charge in [0.15, 0.2) is 5.78 Å². The number of hydrogen-bond acceptors (Lipinski definition) is 4. The molecule has 0 saturated carbocycles. The highest BCUT2D eigenvalue weighted by molar-refractivity contribution is 6.30. The minimum absolute atomic E-state index is 0.0559. The molecule has 0 unspecified atom stereocenters. The lowest BCUT2D eigenvalue weighted by atomic mass is 9.89. The molecule has 0 spiro atoms. The molecule has 2 amide bonds. The lowest BCUT2D eigenvalue weighted by Gasteiger charge is -2.33. The monoisotopic (exact) mass is 521 g/mol. The van der Waals surface area contributed by atoms with Crippen LogP contribution in [0.3, 0.4) is 0 Å². The summed E-state index contributed by atoms with van der Waals surface area (Å²) in [5.41, 5.74) is 2.42. The molecule has 37 heavy (non-hydrogen) atoms. The number of Topliss-reactive ketones (excluding diaryl/α,β-unsaturated/α-hetero) is 1. The maximum absolute atomic E-state index is 13.5. The molecule has 1 N–H and O–H groups in total. The number of benzene rings is 3. The molecular formula is C29H29ClFN3O3. The van der Waals surface area contributed by atoms with E-state index in [1.165, 1.54) is 19.1 Å². The number of piperidine rings is 1. The molecule has 3 aromatic carbocycles. The fraction of sp³-hybridized carbons (Fsp3) is 0.276. The Morgan fingerprint density at radius 2 is 1.51 bits per heavy atom. The molecule has 1 heterocycles. The Balaban J connectivity index is 1.40. The highest BCUT2D eigenvalue weighted by Gasteiger charge is 2.27. The summed E-state index contributed by atoms with van der Waals surface area (Å²) in [6.45, 7) is 4.03. The molecule has 8 heteroatoms. The Kier molecular flexibility index (Phi) is 8.69. The Labute approximate surface area is 221 Å². The van der Waals surface area contributed by atoms with Crippen molar-refractivity contribution in [3.05, 3.63) is 94.8 Å². The molecule has 1 aliphatic rings. The topological polar surface area (TPSA) is 69.7 Å². The number of rotatable bonds is 8. The van der Waals surface area contributed by atoms with Crippen LogP contribution in [0.5, 0.6) is 0 Å². The van der Waals surface area contributed by atoms with Crippen LogP contribution in [-0.4, -0.2) is 48.7 Å². The molecule has 0 aliphatic carbocycles. The first kappa shape index (κ1) is 26.5. The molecule has 0 aromatic heterocycles. The number of likely N-dealkylation sites (tertiary alicyclic amines) is 1. The van der Waals surface area contributed by atoms with Gasteiger partial charge < -0.3 is 15.1 Å². The Morgan fingerprint density at radius 3 is 2.11 bits per heavy atom. The van der Waals surface area contributed by atoms with Crippen LogP contribution in [0.2, 0.25) is 5.02 Å². The van der Waals surface area contributed by atoms with Gasteiger partial charge in [-0.3, -0.25) is 14.4 Å². The average Bonchev–Trinajstić information content (AvgIpc) is 2.90. The summed E-state index contributed by atoms with van der Waals surface area (Å²) in [6.07, 6.45) is 1.44. The molecule has 3 aromatic rings. The molecule has 192 valence electrons. The van der Waals surface area contributed by atoms with Crippen molar-refractivity contribution in [2.24, 2.45) is 5.92 Å². The number of amides is 2. The van der Waals surface area contributed by atoms with Gasteiger partial charge in [-0.2, -0.15) is 0 Å². The number of carbonyl (C=O) groups excluding carboxylic acids is 3. The van der Waals surface area contributed by atoms with Gasteiger partial charge in [-0.05, 0) is 98.7 Å². The summed E-state index contributed by atoms with van der Waals surface area (Å²) < 4.78 is 13.2. The smallest absolute Gasteiger partial charge is 0.258 e. The van der Waals surface area contributed by atoms with Crippen LogP contribution < -0.4 is 10.2 Å². The summed E-state index contributed by atoms with van der Waals surface area (Å²) in [7, 11) is 0. The van der Waals surface area contributed by atoms with Crippen LogP contribution in [0, 0.1) is 11.7 Å². The highest BCUT2D eigenvalue weighted by Crippen LogP contribution is 2.24. The van der Waals surface area contributed by atoms with E-state index < -0.39 is 0 Å². The summed E-state index contributed by atoms with van der Waals surface area (Å²) >= 11 is 6.07. The lowest BCUT2D eigenvalue weighted by Crippen LogP contribution is -2.42. The second kappa shape index (κ2) is 12.1. The van der Waals surface area contributed by atoms with Crippen molar-refractivity contribution >= 4 is 40.6 Å². The van der Waals surface area contributed by atoms with Gasteiger partial charge >= 0.3 is 0 Å². The first-order chi connectivity index (χ1) is 17.8. The SMILES string of the molecule is CC(=O)Nc1ccc(C(=O)N(CCN2CCC(C(=O)c3ccc(F)cc3)CC2)c2ccc(Cl)cc2)cc1. The van der Waals surface area contributed by atoms with Crippen molar-refractivity contribution in [2.45, 2.75) is 19.8 Å². The number of ketones is 1. The fourth-order valence-electron chi connectivity index (χ4n) is 4.53. The van der Waals surface area contributed by atoms with E-state index in [4.69, 9.17) is 11.6 Å². The van der Waals surface area contributed by atoms with Crippen molar-refractivity contribution in [1.82, 2.24) is 4.90 Å². The van der Waals surface area contributed by atoms with E-state index in [0.29, 0.717) is 34.9 Å². The van der Waals surface area contributed by atoms with Gasteiger partial charge in [-0.25, -0.2) is 4.39 Å². The van der Waals surface area contributed by atoms with Crippen molar-refractivity contribution < 1.29 is 18.8 Å². The van der Waals surface area contributed by atoms with Gasteiger partial charge in [0.25, 0.3) is 5.91 Å². The highest BCUT2D eigenvalue weighted by atomic mass is 35.5. The largest absolute Gasteiger partial charge is 0.326 e. The van der Waals surface area contributed by atoms with E-state index in [-0.39, 0.29) is 29.3 Å². The van der Waals surface area contributed by atoms with E-state index in [1.54, 1.807) is 53.4 Å². The van der Waals surface area contributed by atoms with Crippen LogP contribution in [0.15, 0.2) is 72.8 Å². The maximum Gasteiger partial charge on any atom is 0.258 e. The third kappa shape index (κ3) is 7.02. The summed E-state index contributed by atoms with van der Waals surface area (Å²) in [4.78, 5) is 41.5. The predicted molar refractivity (Wildman–Crippen MR) is 144 cm³/mol. The number of anilines is 2. The molecule has 6 nitrogen and oxygen atoms in total. The Morgan fingerprint density at radius 1 is 0.919 bits per heavy atom. The first-order valence-electron chi connectivity index (χ1n) is 12.3. The van der Waals surface area contributed by atoms with Crippen LogP contribution in [0.1, 0.15) is 40.5 Å². The molecule has 1 fully saturated rings. The average molecular weight is 522 g/mol. The quantitative estimate of drug-likeness (QED) is 0.387. The molecule has 1 saturated heterocycles. The minimum atomic E-state index is -0.352. The molecule has 0 atom stereocenters. The van der Waals surface area contributed by atoms with Crippen molar-refractivity contribution in [2.75, 3.05) is 36.4 Å². The number of nitrogens with one attached hydrogen (secondary N) is 1. The van der Waals surface area contributed by atoms with Gasteiger partial charge in [0.1, 0.15) is 5.82 Å². The van der Waals surface area contributed by atoms with Gasteiger partial charge in [0.2, 0.25) is 5.91 Å². The molecule has 1 aliphatic heterocycles. The third-order valence-corrected chi connectivity index (χ3v) is 6.81. The van der Waals surface area contributed by atoms with Crippen molar-refractivity contribution in [1.29, 1.82) is 0 Å². The standard InChI is InChI=1S/C29H29ClFN3O3/c1-20(35)32-26-10-4-23(5-11-26)29(37)34(27-12-6-24(30)7-13-27)19-18-33-16-14-22(15-17-33)28(36)21-2-8-25(31)9-3-21/h2-13,22H,14-19H2,1H3,(H,32,35). The number of nitrogens with zero attached hydrogens (tertiary/aromatic N) is 2. The summed E-state index contributed by atoms with van der Waals surface area (Å²) in [6, 6.07) is 19.7. The molecule has 0 bridgehead atoms. The number of carbonyl (C=O) groups is 3. The van der Waals surface area contributed by atoms with Crippen LogP contribution in [0.4, 0.5) is 15.8 Å². The van der Waals surface area contributed by atoms with E-state index in [9.17, 15) is 18.8 Å². The number of hydrogen-bond donors (Lipinski definition) is 1. The third-order valence-electron chi connectivity index (χ3n) is 6.56.